The van der Waals surface area contributed by atoms with Crippen molar-refractivity contribution in [2.75, 3.05) is 5.01 Å². The quantitative estimate of drug-likeness (QED) is 0.780. The highest BCUT2D eigenvalue weighted by atomic mass is 79.9. The van der Waals surface area contributed by atoms with Gasteiger partial charge in [0.25, 0.3) is 0 Å². The lowest BCUT2D eigenvalue weighted by molar-refractivity contribution is 0.349. The fourth-order valence-electron chi connectivity index (χ4n) is 2.54. The molecule has 1 aromatic rings. The van der Waals surface area contributed by atoms with Crippen LogP contribution < -0.4 is 15.8 Å². The largest absolute Gasteiger partial charge is 0.342 e. The second-order valence-electron chi connectivity index (χ2n) is 4.64. The van der Waals surface area contributed by atoms with Gasteiger partial charge in [0.1, 0.15) is 5.66 Å². The van der Waals surface area contributed by atoms with Crippen molar-refractivity contribution in [1.82, 2.24) is 10.7 Å². The summed E-state index contributed by atoms with van der Waals surface area (Å²) in [6.07, 6.45) is 4.80. The monoisotopic (exact) mass is 311 g/mol. The second kappa shape index (κ2) is 4.23. The molecule has 1 aliphatic carbocycles. The van der Waals surface area contributed by atoms with Gasteiger partial charge in [-0.15, -0.1) is 0 Å². The molecule has 0 bridgehead atoms. The first-order valence-electron chi connectivity index (χ1n) is 5.84. The van der Waals surface area contributed by atoms with Gasteiger partial charge in [0, 0.05) is 4.47 Å². The van der Waals surface area contributed by atoms with Crippen LogP contribution in [-0.2, 0) is 0 Å². The lowest BCUT2D eigenvalue weighted by Crippen LogP contribution is -2.48. The maximum absolute atomic E-state index is 5.41. The van der Waals surface area contributed by atoms with Gasteiger partial charge >= 0.3 is 0 Å². The van der Waals surface area contributed by atoms with Crippen LogP contribution in [0.4, 0.5) is 5.69 Å². The standard InChI is InChI=1S/C12H14BrN3S/c13-9-3-5-10(6-4-9)16-11(17)14-12(15-16)7-1-2-8-12/h3-6,15H,1-2,7-8H2,(H,14,17). The molecular formula is C12H14BrN3S. The normalized spacial score (nSPS) is 22.2. The average Bonchev–Trinajstić information content (AvgIpc) is 2.88. The van der Waals surface area contributed by atoms with E-state index in [-0.39, 0.29) is 5.66 Å². The summed E-state index contributed by atoms with van der Waals surface area (Å²) in [4.78, 5) is 0. The minimum Gasteiger partial charge on any atom is -0.342 e. The molecule has 0 atom stereocenters. The van der Waals surface area contributed by atoms with Gasteiger partial charge in [-0.3, -0.25) is 5.01 Å². The third kappa shape index (κ3) is 2.07. The van der Waals surface area contributed by atoms with Gasteiger partial charge in [0.05, 0.1) is 5.69 Å². The predicted molar refractivity (Wildman–Crippen MR) is 76.7 cm³/mol. The zero-order valence-corrected chi connectivity index (χ0v) is 11.8. The Kier molecular flexibility index (Phi) is 2.84. The highest BCUT2D eigenvalue weighted by molar-refractivity contribution is 9.10. The van der Waals surface area contributed by atoms with Crippen LogP contribution in [0.25, 0.3) is 0 Å². The van der Waals surface area contributed by atoms with Crippen molar-refractivity contribution < 1.29 is 0 Å². The highest BCUT2D eigenvalue weighted by Crippen LogP contribution is 2.32. The molecule has 1 heterocycles. The van der Waals surface area contributed by atoms with E-state index in [0.717, 1.165) is 28.1 Å². The molecule has 3 nitrogen and oxygen atoms in total. The van der Waals surface area contributed by atoms with Gasteiger partial charge in [-0.25, -0.2) is 5.43 Å². The minimum atomic E-state index is 0.00412. The molecule has 17 heavy (non-hydrogen) atoms. The lowest BCUT2D eigenvalue weighted by atomic mass is 10.1. The molecule has 1 spiro atoms. The van der Waals surface area contributed by atoms with Crippen molar-refractivity contribution in [3.8, 4) is 0 Å². The topological polar surface area (TPSA) is 27.3 Å². The van der Waals surface area contributed by atoms with Crippen molar-refractivity contribution in [2.45, 2.75) is 31.3 Å². The van der Waals surface area contributed by atoms with Crippen molar-refractivity contribution in [3.63, 3.8) is 0 Å². The van der Waals surface area contributed by atoms with E-state index in [1.165, 1.54) is 12.8 Å². The summed E-state index contributed by atoms with van der Waals surface area (Å²) in [6, 6.07) is 8.16. The Morgan fingerprint density at radius 2 is 1.82 bits per heavy atom. The van der Waals surface area contributed by atoms with Gasteiger partial charge in [0.15, 0.2) is 5.11 Å². The molecule has 2 aliphatic rings. The number of nitrogens with one attached hydrogen (secondary N) is 2. The van der Waals surface area contributed by atoms with Crippen molar-refractivity contribution in [1.29, 1.82) is 0 Å². The molecule has 1 saturated heterocycles. The molecule has 1 aromatic carbocycles. The molecule has 2 N–H and O–H groups in total. The van der Waals surface area contributed by atoms with E-state index in [9.17, 15) is 0 Å². The fraction of sp³-hybridized carbons (Fsp3) is 0.417. The van der Waals surface area contributed by atoms with Crippen LogP contribution in [0.2, 0.25) is 0 Å². The first kappa shape index (κ1) is 11.4. The number of hydrazine groups is 1. The van der Waals surface area contributed by atoms with Crippen LogP contribution in [-0.4, -0.2) is 10.8 Å². The molecule has 2 fully saturated rings. The van der Waals surface area contributed by atoms with Crippen LogP contribution in [0.5, 0.6) is 0 Å². The number of benzene rings is 1. The Hall–Kier alpha value is -0.650. The zero-order chi connectivity index (χ0) is 11.9. The van der Waals surface area contributed by atoms with E-state index in [1.54, 1.807) is 0 Å². The van der Waals surface area contributed by atoms with Crippen LogP contribution >= 0.6 is 28.1 Å². The fourth-order valence-corrected chi connectivity index (χ4v) is 3.15. The van der Waals surface area contributed by atoms with E-state index in [1.807, 2.05) is 17.1 Å². The van der Waals surface area contributed by atoms with Gasteiger partial charge in [0.2, 0.25) is 0 Å². The molecule has 1 aliphatic heterocycles. The van der Waals surface area contributed by atoms with Crippen LogP contribution in [0.15, 0.2) is 28.7 Å². The van der Waals surface area contributed by atoms with E-state index in [2.05, 4.69) is 38.8 Å². The molecule has 0 amide bonds. The van der Waals surface area contributed by atoms with Crippen molar-refractivity contribution >= 4 is 38.9 Å². The Bertz CT molecular complexity index is 440. The highest BCUT2D eigenvalue weighted by Gasteiger charge is 2.42. The Morgan fingerprint density at radius 1 is 1.18 bits per heavy atom. The molecule has 3 rings (SSSR count). The van der Waals surface area contributed by atoms with Crippen molar-refractivity contribution in [3.05, 3.63) is 28.7 Å². The van der Waals surface area contributed by atoms with E-state index < -0.39 is 0 Å². The Morgan fingerprint density at radius 3 is 2.47 bits per heavy atom. The summed E-state index contributed by atoms with van der Waals surface area (Å²) < 4.78 is 1.08. The molecule has 0 aromatic heterocycles. The first-order valence-corrected chi connectivity index (χ1v) is 7.04. The summed E-state index contributed by atoms with van der Waals surface area (Å²) in [5.74, 6) is 0. The van der Waals surface area contributed by atoms with Crippen LogP contribution in [0, 0.1) is 0 Å². The predicted octanol–water partition coefficient (Wildman–Crippen LogP) is 2.92. The van der Waals surface area contributed by atoms with Gasteiger partial charge in [-0.2, -0.15) is 0 Å². The number of hydrogen-bond acceptors (Lipinski definition) is 2. The van der Waals surface area contributed by atoms with Crippen LogP contribution in [0.1, 0.15) is 25.7 Å². The Balaban J connectivity index is 1.85. The molecular weight excluding hydrogens is 298 g/mol. The zero-order valence-electron chi connectivity index (χ0n) is 9.37. The van der Waals surface area contributed by atoms with Crippen LogP contribution in [0.3, 0.4) is 0 Å². The molecule has 0 unspecified atom stereocenters. The van der Waals surface area contributed by atoms with E-state index in [0.29, 0.717) is 0 Å². The summed E-state index contributed by atoms with van der Waals surface area (Å²) >= 11 is 8.85. The summed E-state index contributed by atoms with van der Waals surface area (Å²) in [7, 11) is 0. The van der Waals surface area contributed by atoms with Gasteiger partial charge < -0.3 is 5.32 Å². The van der Waals surface area contributed by atoms with Gasteiger partial charge in [-0.05, 0) is 62.2 Å². The summed E-state index contributed by atoms with van der Waals surface area (Å²) in [5, 5.41) is 6.18. The maximum Gasteiger partial charge on any atom is 0.189 e. The number of rotatable bonds is 1. The van der Waals surface area contributed by atoms with Gasteiger partial charge in [-0.1, -0.05) is 15.9 Å². The van der Waals surface area contributed by atoms with E-state index >= 15 is 0 Å². The molecule has 5 heteroatoms. The molecule has 0 radical (unpaired) electrons. The number of nitrogens with zero attached hydrogens (tertiary/aromatic N) is 1. The second-order valence-corrected chi connectivity index (χ2v) is 5.95. The number of halogens is 1. The number of thiocarbonyl (C=S) groups is 1. The summed E-state index contributed by atoms with van der Waals surface area (Å²) in [6.45, 7) is 0. The SMILES string of the molecule is S=C1NC2(CCCC2)NN1c1ccc(Br)cc1. The molecule has 90 valence electrons. The number of hydrogen-bond donors (Lipinski definition) is 2. The maximum atomic E-state index is 5.41. The lowest BCUT2D eigenvalue weighted by Gasteiger charge is -2.24. The minimum absolute atomic E-state index is 0.00412. The van der Waals surface area contributed by atoms with E-state index in [4.69, 9.17) is 12.2 Å². The third-order valence-corrected chi connectivity index (χ3v) is 4.23. The molecule has 1 saturated carbocycles. The Labute approximate surface area is 115 Å². The summed E-state index contributed by atoms with van der Waals surface area (Å²) in [5.41, 5.74) is 4.60. The average molecular weight is 312 g/mol. The first-order chi connectivity index (χ1) is 8.19. The smallest absolute Gasteiger partial charge is 0.189 e. The number of anilines is 1. The van der Waals surface area contributed by atoms with Crippen molar-refractivity contribution in [2.24, 2.45) is 0 Å². The third-order valence-electron chi connectivity index (χ3n) is 3.42.